The van der Waals surface area contributed by atoms with E-state index in [0.717, 1.165) is 23.6 Å². The molecule has 20 heavy (non-hydrogen) atoms. The second kappa shape index (κ2) is 7.63. The van der Waals surface area contributed by atoms with Crippen LogP contribution < -0.4 is 5.32 Å². The summed E-state index contributed by atoms with van der Waals surface area (Å²) in [4.78, 5) is 2.33. The van der Waals surface area contributed by atoms with Gasteiger partial charge in [0.15, 0.2) is 5.11 Å². The smallest absolute Gasteiger partial charge is 0.173 e. The van der Waals surface area contributed by atoms with E-state index >= 15 is 0 Å². The Kier molecular flexibility index (Phi) is 6.47. The monoisotopic (exact) mass is 292 g/mol. The fourth-order valence-corrected chi connectivity index (χ4v) is 2.75. The minimum absolute atomic E-state index is 0.454. The lowest BCUT2D eigenvalue weighted by Gasteiger charge is -2.36. The van der Waals surface area contributed by atoms with Crippen LogP contribution in [0.1, 0.15) is 51.7 Å². The van der Waals surface area contributed by atoms with E-state index in [1.54, 1.807) is 0 Å². The molecule has 0 saturated heterocycles. The molecule has 112 valence electrons. The second-order valence-corrected chi connectivity index (χ2v) is 6.06. The van der Waals surface area contributed by atoms with Crippen LogP contribution in [0.2, 0.25) is 0 Å². The molecule has 2 nitrogen and oxygen atoms in total. The summed E-state index contributed by atoms with van der Waals surface area (Å²) < 4.78 is 0. The number of thiocarbonyl (C=S) groups is 1. The third-order valence-electron chi connectivity index (χ3n) is 4.00. The van der Waals surface area contributed by atoms with E-state index in [1.165, 1.54) is 11.1 Å². The van der Waals surface area contributed by atoms with Crippen molar-refractivity contribution in [2.45, 2.75) is 66.5 Å². The molecule has 0 amide bonds. The van der Waals surface area contributed by atoms with Crippen molar-refractivity contribution in [1.29, 1.82) is 0 Å². The molecule has 0 fully saturated rings. The standard InChI is InChI=1S/C17H28N2S/c1-7-14(5)19(15(6)8-2)17(20)18-16-11-12(3)9-10-13(16)4/h9-11,14-15H,7-8H2,1-6H3,(H,18,20). The number of hydrogen-bond donors (Lipinski definition) is 1. The lowest BCUT2D eigenvalue weighted by molar-refractivity contribution is 0.254. The van der Waals surface area contributed by atoms with Crippen molar-refractivity contribution in [3.05, 3.63) is 29.3 Å². The zero-order chi connectivity index (χ0) is 15.3. The highest BCUT2D eigenvalue weighted by Crippen LogP contribution is 2.19. The molecule has 0 saturated carbocycles. The largest absolute Gasteiger partial charge is 0.344 e. The van der Waals surface area contributed by atoms with Gasteiger partial charge in [0.05, 0.1) is 0 Å². The van der Waals surface area contributed by atoms with E-state index in [2.05, 4.69) is 70.0 Å². The van der Waals surface area contributed by atoms with Crippen LogP contribution in [0.5, 0.6) is 0 Å². The number of nitrogens with one attached hydrogen (secondary N) is 1. The lowest BCUT2D eigenvalue weighted by atomic mass is 10.1. The number of nitrogens with zero attached hydrogens (tertiary/aromatic N) is 1. The first kappa shape index (κ1) is 17.0. The Morgan fingerprint density at radius 1 is 1.15 bits per heavy atom. The molecule has 0 heterocycles. The number of rotatable bonds is 5. The molecular weight excluding hydrogens is 264 g/mol. The summed E-state index contributed by atoms with van der Waals surface area (Å²) in [7, 11) is 0. The van der Waals surface area contributed by atoms with Crippen LogP contribution in [0, 0.1) is 13.8 Å². The third-order valence-corrected chi connectivity index (χ3v) is 4.31. The van der Waals surface area contributed by atoms with Crippen LogP contribution in [0.3, 0.4) is 0 Å². The number of benzene rings is 1. The van der Waals surface area contributed by atoms with Gasteiger partial charge >= 0.3 is 0 Å². The van der Waals surface area contributed by atoms with Crippen molar-refractivity contribution in [2.75, 3.05) is 5.32 Å². The van der Waals surface area contributed by atoms with Crippen molar-refractivity contribution in [1.82, 2.24) is 4.90 Å². The van der Waals surface area contributed by atoms with Crippen LogP contribution in [0.25, 0.3) is 0 Å². The molecule has 0 aliphatic heterocycles. The first-order chi connectivity index (χ1) is 9.40. The molecule has 1 rings (SSSR count). The molecule has 1 N–H and O–H groups in total. The van der Waals surface area contributed by atoms with Gasteiger partial charge < -0.3 is 10.2 Å². The van der Waals surface area contributed by atoms with E-state index in [0.29, 0.717) is 12.1 Å². The van der Waals surface area contributed by atoms with Crippen molar-refractivity contribution >= 4 is 23.0 Å². The Balaban J connectivity index is 2.93. The maximum atomic E-state index is 5.66. The molecule has 0 aliphatic rings. The van der Waals surface area contributed by atoms with Gasteiger partial charge in [0.25, 0.3) is 0 Å². The van der Waals surface area contributed by atoms with E-state index in [1.807, 2.05) is 0 Å². The number of hydrogen-bond acceptors (Lipinski definition) is 1. The summed E-state index contributed by atoms with van der Waals surface area (Å²) in [6, 6.07) is 7.33. The molecule has 2 atom stereocenters. The minimum atomic E-state index is 0.454. The molecule has 0 radical (unpaired) electrons. The second-order valence-electron chi connectivity index (χ2n) is 5.67. The van der Waals surface area contributed by atoms with Crippen molar-refractivity contribution in [3.8, 4) is 0 Å². The fourth-order valence-electron chi connectivity index (χ4n) is 2.28. The van der Waals surface area contributed by atoms with Gasteiger partial charge in [0.2, 0.25) is 0 Å². The number of aryl methyl sites for hydroxylation is 2. The summed E-state index contributed by atoms with van der Waals surface area (Å²) in [6.45, 7) is 13.1. The summed E-state index contributed by atoms with van der Waals surface area (Å²) in [5, 5.41) is 4.27. The average molecular weight is 292 g/mol. The van der Waals surface area contributed by atoms with Crippen molar-refractivity contribution in [2.24, 2.45) is 0 Å². The van der Waals surface area contributed by atoms with Crippen molar-refractivity contribution in [3.63, 3.8) is 0 Å². The van der Waals surface area contributed by atoms with Crippen molar-refractivity contribution < 1.29 is 0 Å². The van der Waals surface area contributed by atoms with Gasteiger partial charge in [-0.2, -0.15) is 0 Å². The van der Waals surface area contributed by atoms with Gasteiger partial charge in [0, 0.05) is 17.8 Å². The maximum Gasteiger partial charge on any atom is 0.173 e. The highest BCUT2D eigenvalue weighted by atomic mass is 32.1. The topological polar surface area (TPSA) is 15.3 Å². The summed E-state index contributed by atoms with van der Waals surface area (Å²) in [5.41, 5.74) is 3.59. The Labute approximate surface area is 129 Å². The first-order valence-electron chi connectivity index (χ1n) is 7.57. The van der Waals surface area contributed by atoms with E-state index in [9.17, 15) is 0 Å². The molecule has 2 unspecified atom stereocenters. The van der Waals surface area contributed by atoms with Crippen LogP contribution in [-0.4, -0.2) is 22.1 Å². The Morgan fingerprint density at radius 2 is 1.70 bits per heavy atom. The molecule has 1 aromatic carbocycles. The van der Waals surface area contributed by atoms with Gasteiger partial charge in [-0.3, -0.25) is 0 Å². The quantitative estimate of drug-likeness (QED) is 0.777. The van der Waals surface area contributed by atoms with E-state index < -0.39 is 0 Å². The van der Waals surface area contributed by atoms with Crippen LogP contribution in [0.15, 0.2) is 18.2 Å². The lowest BCUT2D eigenvalue weighted by Crippen LogP contribution is -2.46. The van der Waals surface area contributed by atoms with Crippen LogP contribution in [-0.2, 0) is 0 Å². The van der Waals surface area contributed by atoms with E-state index in [4.69, 9.17) is 12.2 Å². The highest BCUT2D eigenvalue weighted by Gasteiger charge is 2.21. The molecular formula is C17H28N2S. The maximum absolute atomic E-state index is 5.66. The zero-order valence-electron chi connectivity index (χ0n) is 13.7. The number of anilines is 1. The van der Waals surface area contributed by atoms with Crippen LogP contribution in [0.4, 0.5) is 5.69 Å². The average Bonchev–Trinajstić information content (AvgIpc) is 2.42. The van der Waals surface area contributed by atoms with Crippen LogP contribution >= 0.6 is 12.2 Å². The predicted molar refractivity (Wildman–Crippen MR) is 93.5 cm³/mol. The Hall–Kier alpha value is -1.09. The minimum Gasteiger partial charge on any atom is -0.344 e. The fraction of sp³-hybridized carbons (Fsp3) is 0.588. The van der Waals surface area contributed by atoms with Gasteiger partial charge in [-0.15, -0.1) is 0 Å². The third kappa shape index (κ3) is 4.20. The van der Waals surface area contributed by atoms with Gasteiger partial charge in [0.1, 0.15) is 0 Å². The van der Waals surface area contributed by atoms with Gasteiger partial charge in [-0.25, -0.2) is 0 Å². The normalized spacial score (nSPS) is 13.7. The van der Waals surface area contributed by atoms with E-state index in [-0.39, 0.29) is 0 Å². The summed E-state index contributed by atoms with van der Waals surface area (Å²) in [5.74, 6) is 0. The molecule has 3 heteroatoms. The zero-order valence-corrected chi connectivity index (χ0v) is 14.5. The molecule has 0 bridgehead atoms. The Morgan fingerprint density at radius 3 is 2.20 bits per heavy atom. The predicted octanol–water partition coefficient (Wildman–Crippen LogP) is 4.90. The first-order valence-corrected chi connectivity index (χ1v) is 7.98. The molecule has 0 aliphatic carbocycles. The molecule has 0 spiro atoms. The molecule has 0 aromatic heterocycles. The Bertz CT molecular complexity index is 446. The summed E-state index contributed by atoms with van der Waals surface area (Å²) in [6.07, 6.45) is 2.19. The summed E-state index contributed by atoms with van der Waals surface area (Å²) >= 11 is 5.66. The van der Waals surface area contributed by atoms with Gasteiger partial charge in [-0.05, 0) is 69.9 Å². The SMILES string of the molecule is CCC(C)N(C(=S)Nc1cc(C)ccc1C)C(C)CC. The van der Waals surface area contributed by atoms with Gasteiger partial charge in [-0.1, -0.05) is 26.0 Å². The molecule has 1 aromatic rings. The highest BCUT2D eigenvalue weighted by molar-refractivity contribution is 7.80.